The van der Waals surface area contributed by atoms with Gasteiger partial charge in [0, 0.05) is 0 Å². The molecule has 0 aliphatic rings. The largest absolute Gasteiger partial charge is 0.459 e. The van der Waals surface area contributed by atoms with Gasteiger partial charge in [-0.3, -0.25) is 0 Å². The molecule has 0 fully saturated rings. The number of rotatable bonds is 4. The van der Waals surface area contributed by atoms with E-state index in [9.17, 15) is 9.59 Å². The topological polar surface area (TPSA) is 81.9 Å². The molecule has 6 nitrogen and oxygen atoms in total. The van der Waals surface area contributed by atoms with Gasteiger partial charge in [0.2, 0.25) is 0 Å². The molecule has 0 aromatic heterocycles. The Morgan fingerprint density at radius 2 is 1.81 bits per heavy atom. The van der Waals surface area contributed by atoms with Crippen molar-refractivity contribution in [3.63, 3.8) is 0 Å². The first kappa shape index (κ1) is 17.0. The molecule has 0 aliphatic carbocycles. The molecule has 0 heterocycles. The van der Waals surface area contributed by atoms with Crippen LogP contribution in [-0.4, -0.2) is 28.7 Å². The third-order valence-corrected chi connectivity index (χ3v) is 2.59. The molecule has 1 aromatic rings. The number of hydrazine groups is 1. The van der Waals surface area contributed by atoms with Gasteiger partial charge in [0.15, 0.2) is 0 Å². The van der Waals surface area contributed by atoms with Gasteiger partial charge >= 0.3 is 12.1 Å². The standard InChI is InChI=1S/C15H22N2O4/c1-11(17(16)14(19)21-15(2,3)4)13(18)20-10-12-8-6-5-7-9-12/h5-9,11H,10,16H2,1-4H3. The molecule has 0 radical (unpaired) electrons. The van der Waals surface area contributed by atoms with E-state index in [1.54, 1.807) is 20.8 Å². The summed E-state index contributed by atoms with van der Waals surface area (Å²) in [4.78, 5) is 23.6. The van der Waals surface area contributed by atoms with E-state index in [0.717, 1.165) is 10.6 Å². The second kappa shape index (κ2) is 7.08. The molecule has 0 saturated heterocycles. The molecule has 0 aliphatic heterocycles. The first-order valence-electron chi connectivity index (χ1n) is 6.68. The average molecular weight is 294 g/mol. The lowest BCUT2D eigenvalue weighted by molar-refractivity contribution is -0.150. The Bertz CT molecular complexity index is 482. The first-order chi connectivity index (χ1) is 9.70. The van der Waals surface area contributed by atoms with Crippen LogP contribution < -0.4 is 5.84 Å². The second-order valence-corrected chi connectivity index (χ2v) is 5.66. The molecule has 0 bridgehead atoms. The molecule has 0 spiro atoms. The summed E-state index contributed by atoms with van der Waals surface area (Å²) < 4.78 is 10.2. The Labute approximate surface area is 124 Å². The quantitative estimate of drug-likeness (QED) is 0.398. The van der Waals surface area contributed by atoms with Crippen LogP contribution in [0.25, 0.3) is 0 Å². The smallest absolute Gasteiger partial charge is 0.425 e. The molecule has 2 N–H and O–H groups in total. The van der Waals surface area contributed by atoms with Crippen LogP contribution in [0.2, 0.25) is 0 Å². The van der Waals surface area contributed by atoms with Crippen LogP contribution in [0.3, 0.4) is 0 Å². The van der Waals surface area contributed by atoms with Crippen LogP contribution in [-0.2, 0) is 20.9 Å². The summed E-state index contributed by atoms with van der Waals surface area (Å²) in [5.41, 5.74) is 0.182. The highest BCUT2D eigenvalue weighted by Gasteiger charge is 2.28. The minimum Gasteiger partial charge on any atom is -0.459 e. The predicted molar refractivity (Wildman–Crippen MR) is 78.0 cm³/mol. The zero-order valence-corrected chi connectivity index (χ0v) is 12.8. The van der Waals surface area contributed by atoms with Gasteiger partial charge in [0.1, 0.15) is 18.2 Å². The zero-order chi connectivity index (χ0) is 16.0. The maximum Gasteiger partial charge on any atom is 0.425 e. The summed E-state index contributed by atoms with van der Waals surface area (Å²) in [5, 5.41) is 0.735. The van der Waals surface area contributed by atoms with Crippen molar-refractivity contribution in [2.75, 3.05) is 0 Å². The van der Waals surface area contributed by atoms with E-state index in [1.165, 1.54) is 6.92 Å². The molecule has 6 heteroatoms. The highest BCUT2D eigenvalue weighted by molar-refractivity contribution is 5.80. The van der Waals surface area contributed by atoms with E-state index in [2.05, 4.69) is 0 Å². The fraction of sp³-hybridized carbons (Fsp3) is 0.467. The van der Waals surface area contributed by atoms with Crippen molar-refractivity contribution < 1.29 is 19.1 Å². The number of esters is 1. The molecule has 1 rings (SSSR count). The first-order valence-corrected chi connectivity index (χ1v) is 6.68. The van der Waals surface area contributed by atoms with E-state index in [1.807, 2.05) is 30.3 Å². The molecule has 0 saturated carbocycles. The highest BCUT2D eigenvalue weighted by Crippen LogP contribution is 2.10. The molecular formula is C15H22N2O4. The van der Waals surface area contributed by atoms with Crippen molar-refractivity contribution in [2.24, 2.45) is 5.84 Å². The van der Waals surface area contributed by atoms with Crippen molar-refractivity contribution in [2.45, 2.75) is 45.9 Å². The molecule has 116 valence electrons. The van der Waals surface area contributed by atoms with Gasteiger partial charge in [-0.1, -0.05) is 30.3 Å². The van der Waals surface area contributed by atoms with E-state index in [-0.39, 0.29) is 6.61 Å². The summed E-state index contributed by atoms with van der Waals surface area (Å²) in [6.07, 6.45) is -0.772. The number of hydrogen-bond donors (Lipinski definition) is 1. The molecule has 1 unspecified atom stereocenters. The van der Waals surface area contributed by atoms with Crippen LogP contribution in [0.5, 0.6) is 0 Å². The lowest BCUT2D eigenvalue weighted by atomic mass is 10.2. The van der Waals surface area contributed by atoms with Crippen molar-refractivity contribution in [3.8, 4) is 0 Å². The zero-order valence-electron chi connectivity index (χ0n) is 12.8. The summed E-state index contributed by atoms with van der Waals surface area (Å²) in [6.45, 7) is 6.77. The number of nitrogens with two attached hydrogens (primary N) is 1. The summed E-state index contributed by atoms with van der Waals surface area (Å²) in [5.74, 6) is 5.01. The van der Waals surface area contributed by atoms with E-state index in [0.29, 0.717) is 0 Å². The molecule has 21 heavy (non-hydrogen) atoms. The number of benzene rings is 1. The van der Waals surface area contributed by atoms with Gasteiger partial charge in [0.25, 0.3) is 0 Å². The number of ether oxygens (including phenoxy) is 2. The van der Waals surface area contributed by atoms with Crippen LogP contribution in [0.1, 0.15) is 33.3 Å². The Balaban J connectivity index is 2.51. The number of nitrogens with zero attached hydrogens (tertiary/aromatic N) is 1. The van der Waals surface area contributed by atoms with Gasteiger partial charge in [0.05, 0.1) is 0 Å². The predicted octanol–water partition coefficient (Wildman–Crippen LogP) is 2.23. The van der Waals surface area contributed by atoms with Crippen LogP contribution in [0, 0.1) is 0 Å². The summed E-state index contributed by atoms with van der Waals surface area (Å²) in [7, 11) is 0. The van der Waals surface area contributed by atoms with Crippen LogP contribution in [0.15, 0.2) is 30.3 Å². The van der Waals surface area contributed by atoms with Crippen molar-refractivity contribution in [3.05, 3.63) is 35.9 Å². The Hall–Kier alpha value is -2.08. The average Bonchev–Trinajstić information content (AvgIpc) is 2.42. The van der Waals surface area contributed by atoms with Gasteiger partial charge < -0.3 is 9.47 Å². The van der Waals surface area contributed by atoms with Gasteiger partial charge in [-0.15, -0.1) is 0 Å². The van der Waals surface area contributed by atoms with Crippen molar-refractivity contribution in [1.82, 2.24) is 5.01 Å². The normalized spacial score (nSPS) is 12.4. The van der Waals surface area contributed by atoms with E-state index < -0.39 is 23.7 Å². The van der Waals surface area contributed by atoms with Crippen LogP contribution in [0.4, 0.5) is 4.79 Å². The molecule has 1 amide bonds. The molecule has 1 atom stereocenters. The maximum absolute atomic E-state index is 11.9. The Kier molecular flexibility index (Phi) is 5.72. The lowest BCUT2D eigenvalue weighted by Crippen LogP contribution is -2.50. The fourth-order valence-electron chi connectivity index (χ4n) is 1.44. The summed E-state index contributed by atoms with van der Waals surface area (Å²) >= 11 is 0. The third kappa shape index (κ3) is 5.83. The minimum atomic E-state index is -0.927. The van der Waals surface area contributed by atoms with E-state index >= 15 is 0 Å². The van der Waals surface area contributed by atoms with Crippen molar-refractivity contribution in [1.29, 1.82) is 0 Å². The minimum absolute atomic E-state index is 0.131. The summed E-state index contributed by atoms with van der Waals surface area (Å²) in [6, 6.07) is 8.32. The Morgan fingerprint density at radius 3 is 2.33 bits per heavy atom. The van der Waals surface area contributed by atoms with Gasteiger partial charge in [-0.2, -0.15) is 0 Å². The van der Waals surface area contributed by atoms with E-state index in [4.69, 9.17) is 15.3 Å². The second-order valence-electron chi connectivity index (χ2n) is 5.66. The monoisotopic (exact) mass is 294 g/mol. The molecular weight excluding hydrogens is 272 g/mol. The van der Waals surface area contributed by atoms with Gasteiger partial charge in [-0.05, 0) is 33.3 Å². The van der Waals surface area contributed by atoms with Gasteiger partial charge in [-0.25, -0.2) is 20.4 Å². The Morgan fingerprint density at radius 1 is 1.24 bits per heavy atom. The number of carbonyl (C=O) groups excluding carboxylic acids is 2. The highest BCUT2D eigenvalue weighted by atomic mass is 16.6. The number of carbonyl (C=O) groups is 2. The number of hydrogen-bond acceptors (Lipinski definition) is 5. The fourth-order valence-corrected chi connectivity index (χ4v) is 1.44. The lowest BCUT2D eigenvalue weighted by Gasteiger charge is -2.27. The van der Waals surface area contributed by atoms with Crippen LogP contribution >= 0.6 is 0 Å². The molecule has 1 aromatic carbocycles. The maximum atomic E-state index is 11.9. The number of amides is 1. The van der Waals surface area contributed by atoms with Crippen molar-refractivity contribution >= 4 is 12.1 Å². The third-order valence-electron chi connectivity index (χ3n) is 2.59. The SMILES string of the molecule is CC(C(=O)OCc1ccccc1)N(N)C(=O)OC(C)(C)C.